The molecule has 16 heavy (non-hydrogen) atoms. The first-order valence-corrected chi connectivity index (χ1v) is 6.07. The molecule has 0 saturated carbocycles. The second-order valence-electron chi connectivity index (χ2n) is 4.69. The summed E-state index contributed by atoms with van der Waals surface area (Å²) < 4.78 is 10.5. The first-order valence-electron chi connectivity index (χ1n) is 6.07. The monoisotopic (exact) mass is 230 g/mol. The van der Waals surface area contributed by atoms with Crippen LogP contribution in [0.15, 0.2) is 0 Å². The predicted molar refractivity (Wildman–Crippen MR) is 60.5 cm³/mol. The summed E-state index contributed by atoms with van der Waals surface area (Å²) in [6.07, 6.45) is -0.355. The molecule has 2 saturated heterocycles. The molecular weight excluding hydrogens is 208 g/mol. The standard InChI is InChI=1S/C11H22N2O3/c1-9(6-13-2-4-15-5-3-13)12-10-7-16-8-11(10)14/h9-12,14H,2-8H2,1H3. The van der Waals surface area contributed by atoms with E-state index in [1.54, 1.807) is 0 Å². The Balaban J connectivity index is 1.68. The van der Waals surface area contributed by atoms with Gasteiger partial charge in [0.05, 0.1) is 38.6 Å². The van der Waals surface area contributed by atoms with Gasteiger partial charge in [-0.1, -0.05) is 0 Å². The van der Waals surface area contributed by atoms with Crippen LogP contribution >= 0.6 is 0 Å². The van der Waals surface area contributed by atoms with Gasteiger partial charge in [-0.05, 0) is 6.92 Å². The molecule has 0 spiro atoms. The summed E-state index contributed by atoms with van der Waals surface area (Å²) in [5.41, 5.74) is 0. The highest BCUT2D eigenvalue weighted by Gasteiger charge is 2.27. The lowest BCUT2D eigenvalue weighted by molar-refractivity contribution is 0.0328. The molecule has 0 aromatic rings. The molecule has 0 aliphatic carbocycles. The van der Waals surface area contributed by atoms with Gasteiger partial charge < -0.3 is 19.9 Å². The van der Waals surface area contributed by atoms with Crippen LogP contribution in [0.5, 0.6) is 0 Å². The Hall–Kier alpha value is -0.200. The molecular formula is C11H22N2O3. The minimum atomic E-state index is -0.355. The molecule has 3 unspecified atom stereocenters. The zero-order valence-corrected chi connectivity index (χ0v) is 9.89. The molecule has 0 amide bonds. The molecule has 5 nitrogen and oxygen atoms in total. The molecule has 2 rings (SSSR count). The van der Waals surface area contributed by atoms with Gasteiger partial charge in [-0.3, -0.25) is 4.90 Å². The maximum atomic E-state index is 9.62. The molecule has 2 aliphatic heterocycles. The van der Waals surface area contributed by atoms with Gasteiger partial charge in [0.1, 0.15) is 0 Å². The number of nitrogens with zero attached hydrogens (tertiary/aromatic N) is 1. The van der Waals surface area contributed by atoms with Crippen LogP contribution in [-0.4, -0.2) is 74.3 Å². The van der Waals surface area contributed by atoms with E-state index in [0.29, 0.717) is 19.3 Å². The second-order valence-corrected chi connectivity index (χ2v) is 4.69. The highest BCUT2D eigenvalue weighted by atomic mass is 16.5. The third kappa shape index (κ3) is 3.40. The lowest BCUT2D eigenvalue weighted by Crippen LogP contribution is -2.50. The third-order valence-corrected chi connectivity index (χ3v) is 3.18. The number of morpholine rings is 1. The lowest BCUT2D eigenvalue weighted by Gasteiger charge is -2.30. The minimum absolute atomic E-state index is 0.0936. The van der Waals surface area contributed by atoms with Crippen LogP contribution in [0.25, 0.3) is 0 Å². The number of rotatable bonds is 4. The van der Waals surface area contributed by atoms with E-state index >= 15 is 0 Å². The van der Waals surface area contributed by atoms with Gasteiger partial charge in [-0.2, -0.15) is 0 Å². The highest BCUT2D eigenvalue weighted by Crippen LogP contribution is 2.07. The van der Waals surface area contributed by atoms with E-state index in [9.17, 15) is 5.11 Å². The summed E-state index contributed by atoms with van der Waals surface area (Å²) in [5.74, 6) is 0. The van der Waals surface area contributed by atoms with Crippen LogP contribution in [0.4, 0.5) is 0 Å². The number of ether oxygens (including phenoxy) is 2. The fourth-order valence-corrected chi connectivity index (χ4v) is 2.29. The molecule has 2 N–H and O–H groups in total. The number of hydrogen-bond donors (Lipinski definition) is 2. The van der Waals surface area contributed by atoms with Crippen molar-refractivity contribution in [3.63, 3.8) is 0 Å². The van der Waals surface area contributed by atoms with E-state index in [1.807, 2.05) is 0 Å². The molecule has 0 radical (unpaired) electrons. The average molecular weight is 230 g/mol. The van der Waals surface area contributed by atoms with Crippen LogP contribution in [0, 0.1) is 0 Å². The molecule has 2 aliphatic rings. The van der Waals surface area contributed by atoms with Gasteiger partial charge in [-0.25, -0.2) is 0 Å². The van der Waals surface area contributed by atoms with Crippen LogP contribution < -0.4 is 5.32 Å². The van der Waals surface area contributed by atoms with Gasteiger partial charge in [0.25, 0.3) is 0 Å². The fourth-order valence-electron chi connectivity index (χ4n) is 2.29. The maximum absolute atomic E-state index is 9.62. The van der Waals surface area contributed by atoms with E-state index in [-0.39, 0.29) is 12.1 Å². The fraction of sp³-hybridized carbons (Fsp3) is 1.00. The summed E-state index contributed by atoms with van der Waals surface area (Å²) in [5, 5.41) is 13.0. The Morgan fingerprint density at radius 3 is 2.69 bits per heavy atom. The SMILES string of the molecule is CC(CN1CCOCC1)NC1COCC1O. The molecule has 0 aromatic carbocycles. The molecule has 0 aromatic heterocycles. The molecule has 2 fully saturated rings. The van der Waals surface area contributed by atoms with E-state index in [1.165, 1.54) is 0 Å². The zero-order chi connectivity index (χ0) is 11.4. The van der Waals surface area contributed by atoms with E-state index in [4.69, 9.17) is 9.47 Å². The Morgan fingerprint density at radius 2 is 2.06 bits per heavy atom. The number of nitrogens with one attached hydrogen (secondary N) is 1. The first kappa shape index (κ1) is 12.3. The van der Waals surface area contributed by atoms with E-state index in [0.717, 1.165) is 32.8 Å². The van der Waals surface area contributed by atoms with Crippen molar-refractivity contribution in [2.45, 2.75) is 25.1 Å². The van der Waals surface area contributed by atoms with Crippen LogP contribution in [0.2, 0.25) is 0 Å². The first-order chi connectivity index (χ1) is 7.75. The minimum Gasteiger partial charge on any atom is -0.389 e. The summed E-state index contributed by atoms with van der Waals surface area (Å²) in [4.78, 5) is 2.39. The van der Waals surface area contributed by atoms with Crippen molar-refractivity contribution in [3.8, 4) is 0 Å². The van der Waals surface area contributed by atoms with Gasteiger partial charge in [0.15, 0.2) is 0 Å². The molecule has 94 valence electrons. The molecule has 3 atom stereocenters. The second kappa shape index (κ2) is 5.93. The number of aliphatic hydroxyl groups excluding tert-OH is 1. The summed E-state index contributed by atoms with van der Waals surface area (Å²) in [7, 11) is 0. The third-order valence-electron chi connectivity index (χ3n) is 3.18. The quantitative estimate of drug-likeness (QED) is 0.652. The molecule has 5 heteroatoms. The Labute approximate surface area is 96.7 Å². The topological polar surface area (TPSA) is 54.0 Å². The van der Waals surface area contributed by atoms with Crippen molar-refractivity contribution >= 4 is 0 Å². The molecule has 2 heterocycles. The van der Waals surface area contributed by atoms with Crippen molar-refractivity contribution in [3.05, 3.63) is 0 Å². The van der Waals surface area contributed by atoms with Crippen LogP contribution in [0.3, 0.4) is 0 Å². The van der Waals surface area contributed by atoms with E-state index < -0.39 is 0 Å². The summed E-state index contributed by atoms with van der Waals surface area (Å²) >= 11 is 0. The van der Waals surface area contributed by atoms with Crippen LogP contribution in [0.1, 0.15) is 6.92 Å². The van der Waals surface area contributed by atoms with Crippen molar-refractivity contribution < 1.29 is 14.6 Å². The van der Waals surface area contributed by atoms with Gasteiger partial charge in [0.2, 0.25) is 0 Å². The lowest BCUT2D eigenvalue weighted by atomic mass is 10.2. The Kier molecular flexibility index (Phi) is 4.55. The van der Waals surface area contributed by atoms with E-state index in [2.05, 4.69) is 17.1 Å². The van der Waals surface area contributed by atoms with Crippen LogP contribution in [-0.2, 0) is 9.47 Å². The van der Waals surface area contributed by atoms with Gasteiger partial charge in [0, 0.05) is 25.7 Å². The maximum Gasteiger partial charge on any atom is 0.0948 e. The number of aliphatic hydroxyl groups is 1. The van der Waals surface area contributed by atoms with Crippen molar-refractivity contribution in [1.82, 2.24) is 10.2 Å². The van der Waals surface area contributed by atoms with Gasteiger partial charge >= 0.3 is 0 Å². The summed E-state index contributed by atoms with van der Waals surface area (Å²) in [6, 6.07) is 0.468. The highest BCUT2D eigenvalue weighted by molar-refractivity contribution is 4.84. The van der Waals surface area contributed by atoms with Gasteiger partial charge in [-0.15, -0.1) is 0 Å². The zero-order valence-electron chi connectivity index (χ0n) is 9.89. The largest absolute Gasteiger partial charge is 0.389 e. The van der Waals surface area contributed by atoms with Crippen molar-refractivity contribution in [2.24, 2.45) is 0 Å². The van der Waals surface area contributed by atoms with Crippen molar-refractivity contribution in [2.75, 3.05) is 46.1 Å². The normalized spacial score (nSPS) is 34.1. The predicted octanol–water partition coefficient (Wildman–Crippen LogP) is -0.944. The van der Waals surface area contributed by atoms with Crippen molar-refractivity contribution in [1.29, 1.82) is 0 Å². The molecule has 0 bridgehead atoms. The Morgan fingerprint density at radius 1 is 1.31 bits per heavy atom. The average Bonchev–Trinajstić information content (AvgIpc) is 2.66. The smallest absolute Gasteiger partial charge is 0.0948 e. The Bertz CT molecular complexity index is 209. The summed E-state index contributed by atoms with van der Waals surface area (Å²) in [6.45, 7) is 7.93. The number of hydrogen-bond acceptors (Lipinski definition) is 5.